The van der Waals surface area contributed by atoms with Crippen LogP contribution in [0.1, 0.15) is 12.8 Å². The number of hydrogen-bond acceptors (Lipinski definition) is 8. The van der Waals surface area contributed by atoms with Crippen LogP contribution < -0.4 is 16.2 Å². The average Bonchev–Trinajstić information content (AvgIpc) is 3.38. The molecule has 4 aromatic rings. The maximum Gasteiger partial charge on any atom is 0.245 e. The molecule has 11 nitrogen and oxygen atoms in total. The number of rotatable bonds is 9. The predicted molar refractivity (Wildman–Crippen MR) is 135 cm³/mol. The van der Waals surface area contributed by atoms with Gasteiger partial charge in [-0.1, -0.05) is 42.5 Å². The lowest BCUT2D eigenvalue weighted by Gasteiger charge is -2.26. The quantitative estimate of drug-likeness (QED) is 0.304. The van der Waals surface area contributed by atoms with Gasteiger partial charge in [0.2, 0.25) is 17.8 Å². The molecule has 5 rings (SSSR count). The molecule has 3 N–H and O–H groups in total. The molecule has 0 radical (unpaired) electrons. The minimum atomic E-state index is -0.329. The second kappa shape index (κ2) is 11.1. The van der Waals surface area contributed by atoms with Gasteiger partial charge in [0.1, 0.15) is 0 Å². The zero-order valence-electron chi connectivity index (χ0n) is 19.8. The highest BCUT2D eigenvalue weighted by Crippen LogP contribution is 2.23. The maximum absolute atomic E-state index is 12.4. The summed E-state index contributed by atoms with van der Waals surface area (Å²) in [6.07, 6.45) is 0.137. The highest BCUT2D eigenvalue weighted by molar-refractivity contribution is 5.93. The van der Waals surface area contributed by atoms with Gasteiger partial charge in [-0.25, -0.2) is 9.97 Å². The number of amides is 2. The third-order valence-corrected chi connectivity index (χ3v) is 5.96. The molecule has 0 atom stereocenters. The Morgan fingerprint density at radius 2 is 1.67 bits per heavy atom. The smallest absolute Gasteiger partial charge is 0.245 e. The topological polar surface area (TPSA) is 126 Å². The lowest BCUT2D eigenvalue weighted by molar-refractivity contribution is -0.126. The number of hydrazine groups is 1. The number of fused-ring (bicyclic) bond motifs is 3. The van der Waals surface area contributed by atoms with Gasteiger partial charge in [0, 0.05) is 50.0 Å². The number of morpholine rings is 1. The first kappa shape index (κ1) is 23.6. The van der Waals surface area contributed by atoms with Crippen molar-refractivity contribution in [2.24, 2.45) is 0 Å². The van der Waals surface area contributed by atoms with E-state index in [1.807, 2.05) is 54.6 Å². The minimum Gasteiger partial charge on any atom is -0.379 e. The van der Waals surface area contributed by atoms with Crippen LogP contribution in [0.25, 0.3) is 27.9 Å². The Morgan fingerprint density at radius 1 is 0.917 bits per heavy atom. The van der Waals surface area contributed by atoms with E-state index in [4.69, 9.17) is 9.72 Å². The molecular formula is C25H28N8O3. The number of para-hydroxylation sites is 1. The van der Waals surface area contributed by atoms with Crippen LogP contribution in [0.4, 0.5) is 5.95 Å². The average molecular weight is 489 g/mol. The van der Waals surface area contributed by atoms with Crippen molar-refractivity contribution in [2.45, 2.75) is 12.8 Å². The second-order valence-electron chi connectivity index (χ2n) is 8.47. The Morgan fingerprint density at radius 3 is 2.50 bits per heavy atom. The Balaban J connectivity index is 1.20. The minimum absolute atomic E-state index is 0.0414. The first-order valence-electron chi connectivity index (χ1n) is 12.0. The highest BCUT2D eigenvalue weighted by atomic mass is 16.5. The molecule has 0 saturated carbocycles. The third kappa shape index (κ3) is 5.58. The van der Waals surface area contributed by atoms with Crippen LogP contribution in [0.15, 0.2) is 54.6 Å². The van der Waals surface area contributed by atoms with Gasteiger partial charge >= 0.3 is 0 Å². The molecule has 1 saturated heterocycles. The molecule has 1 aliphatic rings. The number of hydrogen-bond donors (Lipinski definition) is 3. The van der Waals surface area contributed by atoms with E-state index in [-0.39, 0.29) is 24.7 Å². The molecule has 36 heavy (non-hydrogen) atoms. The fraction of sp³-hybridized carbons (Fsp3) is 0.320. The number of benzene rings is 2. The molecular weight excluding hydrogens is 460 g/mol. The summed E-state index contributed by atoms with van der Waals surface area (Å²) < 4.78 is 6.89. The fourth-order valence-corrected chi connectivity index (χ4v) is 4.03. The van der Waals surface area contributed by atoms with Crippen LogP contribution in [0.2, 0.25) is 0 Å². The molecule has 0 aliphatic carbocycles. The van der Waals surface area contributed by atoms with E-state index in [0.717, 1.165) is 43.8 Å². The SMILES string of the molecule is O=C(CCC(=O)NNc1nc2ccccc2c2nc(-c3ccccc3)nn12)NCCN1CCOCC1. The van der Waals surface area contributed by atoms with E-state index in [1.165, 1.54) is 0 Å². The van der Waals surface area contributed by atoms with Crippen molar-refractivity contribution in [3.8, 4) is 11.4 Å². The normalized spacial score (nSPS) is 14.1. The van der Waals surface area contributed by atoms with Crippen molar-refractivity contribution < 1.29 is 14.3 Å². The number of carbonyl (C=O) groups excluding carboxylic acids is 2. The maximum atomic E-state index is 12.4. The number of nitrogens with one attached hydrogen (secondary N) is 3. The Bertz CT molecular complexity index is 1350. The largest absolute Gasteiger partial charge is 0.379 e. The molecule has 1 aliphatic heterocycles. The van der Waals surface area contributed by atoms with E-state index in [1.54, 1.807) is 4.52 Å². The first-order chi connectivity index (χ1) is 17.7. The van der Waals surface area contributed by atoms with Crippen molar-refractivity contribution >= 4 is 34.3 Å². The summed E-state index contributed by atoms with van der Waals surface area (Å²) in [6.45, 7) is 4.52. The first-order valence-corrected chi connectivity index (χ1v) is 12.0. The molecule has 0 spiro atoms. The third-order valence-electron chi connectivity index (χ3n) is 5.96. The molecule has 3 heterocycles. The zero-order chi connectivity index (χ0) is 24.7. The van der Waals surface area contributed by atoms with Crippen LogP contribution >= 0.6 is 0 Å². The summed E-state index contributed by atoms with van der Waals surface area (Å²) in [5, 5.41) is 8.32. The van der Waals surface area contributed by atoms with Gasteiger partial charge in [-0.3, -0.25) is 25.3 Å². The molecule has 2 aromatic carbocycles. The van der Waals surface area contributed by atoms with E-state index in [0.29, 0.717) is 29.5 Å². The van der Waals surface area contributed by atoms with Gasteiger partial charge in [0.15, 0.2) is 11.5 Å². The fourth-order valence-electron chi connectivity index (χ4n) is 4.03. The number of anilines is 1. The van der Waals surface area contributed by atoms with Crippen LogP contribution in [0.3, 0.4) is 0 Å². The van der Waals surface area contributed by atoms with Crippen molar-refractivity contribution in [3.63, 3.8) is 0 Å². The molecule has 1 fully saturated rings. The second-order valence-corrected chi connectivity index (χ2v) is 8.47. The van der Waals surface area contributed by atoms with Gasteiger partial charge in [0.05, 0.1) is 18.7 Å². The van der Waals surface area contributed by atoms with E-state index >= 15 is 0 Å². The number of carbonyl (C=O) groups is 2. The molecule has 2 aromatic heterocycles. The van der Waals surface area contributed by atoms with E-state index < -0.39 is 0 Å². The predicted octanol–water partition coefficient (Wildman–Crippen LogP) is 1.62. The molecule has 11 heteroatoms. The van der Waals surface area contributed by atoms with Gasteiger partial charge in [-0.15, -0.1) is 5.10 Å². The van der Waals surface area contributed by atoms with Crippen LogP contribution in [-0.4, -0.2) is 75.7 Å². The van der Waals surface area contributed by atoms with Crippen molar-refractivity contribution in [1.29, 1.82) is 0 Å². The Hall–Kier alpha value is -4.09. The molecule has 2 amide bonds. The Kier molecular flexibility index (Phi) is 7.29. The summed E-state index contributed by atoms with van der Waals surface area (Å²) in [5.74, 6) is 0.386. The highest BCUT2D eigenvalue weighted by Gasteiger charge is 2.15. The monoisotopic (exact) mass is 488 g/mol. The van der Waals surface area contributed by atoms with Gasteiger partial charge < -0.3 is 10.1 Å². The van der Waals surface area contributed by atoms with Crippen molar-refractivity contribution in [2.75, 3.05) is 44.8 Å². The zero-order valence-corrected chi connectivity index (χ0v) is 19.8. The van der Waals surface area contributed by atoms with Crippen LogP contribution in [-0.2, 0) is 14.3 Å². The standard InChI is InChI=1S/C25H28N8O3/c34-21(26-12-13-32-14-16-36-17-15-32)10-11-22(35)29-30-25-27-20-9-5-4-8-19(20)24-28-23(31-33(24)25)18-6-2-1-3-7-18/h1-9H,10-17H2,(H,26,34)(H,27,30)(H,29,35). The number of nitrogens with zero attached hydrogens (tertiary/aromatic N) is 5. The molecule has 0 unspecified atom stereocenters. The molecule has 186 valence electrons. The van der Waals surface area contributed by atoms with Crippen molar-refractivity contribution in [3.05, 3.63) is 54.6 Å². The van der Waals surface area contributed by atoms with Gasteiger partial charge in [0.25, 0.3) is 0 Å². The Labute approximate surface area is 207 Å². The summed E-state index contributed by atoms with van der Waals surface area (Å²) >= 11 is 0. The number of ether oxygens (including phenoxy) is 1. The van der Waals surface area contributed by atoms with E-state index in [9.17, 15) is 9.59 Å². The summed E-state index contributed by atoms with van der Waals surface area (Å²) in [5.41, 5.74) is 7.69. The summed E-state index contributed by atoms with van der Waals surface area (Å²) in [7, 11) is 0. The summed E-state index contributed by atoms with van der Waals surface area (Å²) in [6, 6.07) is 17.3. The number of aromatic nitrogens is 4. The lowest BCUT2D eigenvalue weighted by Crippen LogP contribution is -2.41. The summed E-state index contributed by atoms with van der Waals surface area (Å²) in [4.78, 5) is 36.1. The van der Waals surface area contributed by atoms with Crippen LogP contribution in [0, 0.1) is 0 Å². The van der Waals surface area contributed by atoms with Gasteiger partial charge in [-0.05, 0) is 12.1 Å². The van der Waals surface area contributed by atoms with Gasteiger partial charge in [-0.2, -0.15) is 4.52 Å². The van der Waals surface area contributed by atoms with Crippen molar-refractivity contribution in [1.82, 2.24) is 35.2 Å². The lowest BCUT2D eigenvalue weighted by atomic mass is 10.2. The van der Waals surface area contributed by atoms with E-state index in [2.05, 4.69) is 31.2 Å². The molecule has 0 bridgehead atoms. The van der Waals surface area contributed by atoms with Crippen LogP contribution in [0.5, 0.6) is 0 Å².